The van der Waals surface area contributed by atoms with Crippen molar-refractivity contribution in [2.24, 2.45) is 0 Å². The first-order chi connectivity index (χ1) is 16.3. The molecule has 0 aliphatic carbocycles. The molecule has 0 saturated heterocycles. The van der Waals surface area contributed by atoms with E-state index in [-0.39, 0.29) is 0 Å². The van der Waals surface area contributed by atoms with Crippen LogP contribution in [0.25, 0.3) is 17.2 Å². The molecule has 4 rings (SSSR count). The Morgan fingerprint density at radius 3 is 2.06 bits per heavy atom. The smallest absolute Gasteiger partial charge is 0.225 e. The summed E-state index contributed by atoms with van der Waals surface area (Å²) in [5.74, 6) is 1.81. The van der Waals surface area contributed by atoms with Gasteiger partial charge >= 0.3 is 0 Å². The van der Waals surface area contributed by atoms with Crippen LogP contribution in [0.4, 0.5) is 0 Å². The summed E-state index contributed by atoms with van der Waals surface area (Å²) in [6.45, 7) is 7.27. The minimum atomic E-state index is 0.409. The van der Waals surface area contributed by atoms with Gasteiger partial charge in [-0.3, -0.25) is 0 Å². The van der Waals surface area contributed by atoms with Gasteiger partial charge in [0.1, 0.15) is 19.0 Å². The van der Waals surface area contributed by atoms with Crippen LogP contribution in [-0.4, -0.2) is 11.6 Å². The molecule has 1 aromatic heterocycles. The monoisotopic (exact) mass is 437 g/mol. The fourth-order valence-corrected chi connectivity index (χ4v) is 3.44. The van der Waals surface area contributed by atoms with E-state index in [0.29, 0.717) is 31.6 Å². The number of hydrogen-bond acceptors (Lipinski definition) is 4. The highest BCUT2D eigenvalue weighted by atomic mass is 16.5. The van der Waals surface area contributed by atoms with Gasteiger partial charge in [0.2, 0.25) is 11.8 Å². The van der Waals surface area contributed by atoms with Gasteiger partial charge in [-0.25, -0.2) is 0 Å². The molecule has 0 fully saturated rings. The van der Waals surface area contributed by atoms with E-state index in [0.717, 1.165) is 33.6 Å². The maximum Gasteiger partial charge on any atom is 0.225 e. The Kier molecular flexibility index (Phi) is 7.39. The molecule has 166 valence electrons. The quantitative estimate of drug-likeness (QED) is 0.269. The number of nitrogens with zero attached hydrogens (tertiary/aromatic N) is 1. The molecular weight excluding hydrogens is 410 g/mol. The van der Waals surface area contributed by atoms with Gasteiger partial charge in [0.15, 0.2) is 0 Å². The lowest BCUT2D eigenvalue weighted by Gasteiger charge is -2.15. The van der Waals surface area contributed by atoms with Gasteiger partial charge in [0.25, 0.3) is 0 Å². The summed E-state index contributed by atoms with van der Waals surface area (Å²) in [4.78, 5) is 4.69. The van der Waals surface area contributed by atoms with Crippen LogP contribution in [0, 0.1) is 0 Å². The minimum Gasteiger partial charge on any atom is -0.493 e. The number of hydrogen-bond donors (Lipinski definition) is 0. The summed E-state index contributed by atoms with van der Waals surface area (Å²) in [5, 5.41) is 0. The second-order valence-electron chi connectivity index (χ2n) is 7.44. The largest absolute Gasteiger partial charge is 0.493 e. The molecule has 0 spiro atoms. The molecule has 0 bridgehead atoms. The SMILES string of the molecule is C=Cc1ccc(-c2ccc(OCc3ccccc3)nc2OCc2ccccc2)cc1OCC. The molecule has 3 aromatic carbocycles. The molecule has 33 heavy (non-hydrogen) atoms. The maximum absolute atomic E-state index is 6.17. The Bertz CT molecular complexity index is 1190. The van der Waals surface area contributed by atoms with Crippen molar-refractivity contribution in [3.05, 3.63) is 114 Å². The lowest BCUT2D eigenvalue weighted by molar-refractivity contribution is 0.268. The molecule has 4 aromatic rings. The van der Waals surface area contributed by atoms with Crippen molar-refractivity contribution < 1.29 is 14.2 Å². The van der Waals surface area contributed by atoms with Crippen LogP contribution in [0.2, 0.25) is 0 Å². The van der Waals surface area contributed by atoms with Gasteiger partial charge in [-0.05, 0) is 35.7 Å². The van der Waals surface area contributed by atoms with Gasteiger partial charge in [-0.2, -0.15) is 4.98 Å². The molecule has 0 amide bonds. The van der Waals surface area contributed by atoms with E-state index >= 15 is 0 Å². The molecule has 0 N–H and O–H groups in total. The number of benzene rings is 3. The standard InChI is InChI=1S/C29H27NO3/c1-3-24-15-16-25(19-27(24)31-4-2)26-17-18-28(32-20-22-11-7-5-8-12-22)30-29(26)33-21-23-13-9-6-10-14-23/h3,5-19H,1,4,20-21H2,2H3. The predicted octanol–water partition coefficient (Wildman–Crippen LogP) is 6.95. The normalized spacial score (nSPS) is 10.5. The number of rotatable bonds is 10. The van der Waals surface area contributed by atoms with Gasteiger partial charge < -0.3 is 14.2 Å². The van der Waals surface area contributed by atoms with Gasteiger partial charge in [-0.1, -0.05) is 85.5 Å². The summed E-state index contributed by atoms with van der Waals surface area (Å²) >= 11 is 0. The number of ether oxygens (including phenoxy) is 3. The molecule has 4 heteroatoms. The van der Waals surface area contributed by atoms with E-state index in [1.807, 2.05) is 97.9 Å². The van der Waals surface area contributed by atoms with Crippen LogP contribution in [0.5, 0.6) is 17.5 Å². The van der Waals surface area contributed by atoms with Crippen LogP contribution in [0.15, 0.2) is 97.6 Å². The molecule has 0 radical (unpaired) electrons. The topological polar surface area (TPSA) is 40.6 Å². The zero-order valence-corrected chi connectivity index (χ0v) is 18.7. The number of aromatic nitrogens is 1. The molecule has 0 aliphatic rings. The Balaban J connectivity index is 1.64. The van der Waals surface area contributed by atoms with E-state index in [1.54, 1.807) is 6.08 Å². The van der Waals surface area contributed by atoms with Gasteiger partial charge in [0.05, 0.1) is 6.61 Å². The first-order valence-corrected chi connectivity index (χ1v) is 11.0. The van der Waals surface area contributed by atoms with Crippen molar-refractivity contribution in [2.75, 3.05) is 6.61 Å². The van der Waals surface area contributed by atoms with E-state index in [1.165, 1.54) is 0 Å². The van der Waals surface area contributed by atoms with Crippen molar-refractivity contribution in [3.8, 4) is 28.6 Å². The summed E-state index contributed by atoms with van der Waals surface area (Å²) in [6.07, 6.45) is 1.79. The van der Waals surface area contributed by atoms with Crippen molar-refractivity contribution in [2.45, 2.75) is 20.1 Å². The summed E-state index contributed by atoms with van der Waals surface area (Å²) < 4.78 is 17.9. The third-order valence-corrected chi connectivity index (χ3v) is 5.13. The number of pyridine rings is 1. The van der Waals surface area contributed by atoms with Gasteiger partial charge in [0, 0.05) is 17.2 Å². The summed E-state index contributed by atoms with van der Waals surface area (Å²) in [7, 11) is 0. The molecule has 0 atom stereocenters. The lowest BCUT2D eigenvalue weighted by atomic mass is 10.0. The molecule has 0 saturated carbocycles. The second kappa shape index (κ2) is 11.0. The highest BCUT2D eigenvalue weighted by Gasteiger charge is 2.13. The van der Waals surface area contributed by atoms with Crippen LogP contribution in [0.3, 0.4) is 0 Å². The Labute approximate surface area is 195 Å². The van der Waals surface area contributed by atoms with Crippen molar-refractivity contribution in [1.82, 2.24) is 4.98 Å². The van der Waals surface area contributed by atoms with E-state index < -0.39 is 0 Å². The van der Waals surface area contributed by atoms with Gasteiger partial charge in [-0.15, -0.1) is 0 Å². The second-order valence-corrected chi connectivity index (χ2v) is 7.44. The van der Waals surface area contributed by atoms with E-state index in [9.17, 15) is 0 Å². The Morgan fingerprint density at radius 2 is 1.42 bits per heavy atom. The highest BCUT2D eigenvalue weighted by Crippen LogP contribution is 2.35. The third kappa shape index (κ3) is 5.80. The fraction of sp³-hybridized carbons (Fsp3) is 0.138. The Hall–Kier alpha value is -4.05. The average Bonchev–Trinajstić information content (AvgIpc) is 2.88. The fourth-order valence-electron chi connectivity index (χ4n) is 3.44. The molecular formula is C29H27NO3. The molecule has 1 heterocycles. The minimum absolute atomic E-state index is 0.409. The van der Waals surface area contributed by atoms with E-state index in [2.05, 4.69) is 6.58 Å². The van der Waals surface area contributed by atoms with Crippen molar-refractivity contribution in [1.29, 1.82) is 0 Å². The van der Waals surface area contributed by atoms with E-state index in [4.69, 9.17) is 19.2 Å². The highest BCUT2D eigenvalue weighted by molar-refractivity contribution is 5.73. The summed E-state index contributed by atoms with van der Waals surface area (Å²) in [6, 6.07) is 29.9. The maximum atomic E-state index is 6.17. The first-order valence-electron chi connectivity index (χ1n) is 11.0. The lowest BCUT2D eigenvalue weighted by Crippen LogP contribution is -2.02. The Morgan fingerprint density at radius 1 is 0.758 bits per heavy atom. The first kappa shape index (κ1) is 22.2. The van der Waals surface area contributed by atoms with Crippen LogP contribution < -0.4 is 14.2 Å². The predicted molar refractivity (Wildman–Crippen MR) is 132 cm³/mol. The zero-order chi connectivity index (χ0) is 22.9. The van der Waals surface area contributed by atoms with Crippen LogP contribution in [-0.2, 0) is 13.2 Å². The zero-order valence-electron chi connectivity index (χ0n) is 18.7. The third-order valence-electron chi connectivity index (χ3n) is 5.13. The van der Waals surface area contributed by atoms with Crippen molar-refractivity contribution >= 4 is 6.08 Å². The van der Waals surface area contributed by atoms with Crippen LogP contribution in [0.1, 0.15) is 23.6 Å². The van der Waals surface area contributed by atoms with Crippen LogP contribution >= 0.6 is 0 Å². The van der Waals surface area contributed by atoms with Crippen molar-refractivity contribution in [3.63, 3.8) is 0 Å². The molecule has 4 nitrogen and oxygen atoms in total. The molecule has 0 aliphatic heterocycles. The average molecular weight is 438 g/mol. The molecule has 0 unspecified atom stereocenters. The summed E-state index contributed by atoms with van der Waals surface area (Å²) in [5.41, 5.74) is 4.92.